The molecule has 0 amide bonds. The molecule has 0 aliphatic heterocycles. The number of nitro groups is 1. The Kier molecular flexibility index (Phi) is 4.04. The molecular formula is C13H7ClFNO5. The molecule has 0 fully saturated rings. The fourth-order valence-electron chi connectivity index (χ4n) is 1.58. The van der Waals surface area contributed by atoms with E-state index in [0.29, 0.717) is 6.07 Å². The molecule has 6 nitrogen and oxygen atoms in total. The average molecular weight is 312 g/mol. The smallest absolute Gasteiger partial charge is 0.339 e. The third kappa shape index (κ3) is 3.09. The Morgan fingerprint density at radius 1 is 1.33 bits per heavy atom. The van der Waals surface area contributed by atoms with Gasteiger partial charge in [0.15, 0.2) is 17.3 Å². The summed E-state index contributed by atoms with van der Waals surface area (Å²) in [5.74, 6) is -2.90. The quantitative estimate of drug-likeness (QED) is 0.683. The van der Waals surface area contributed by atoms with Gasteiger partial charge in [-0.05, 0) is 18.2 Å². The molecule has 0 saturated carbocycles. The predicted octanol–water partition coefficient (Wildman–Crippen LogP) is 3.88. The van der Waals surface area contributed by atoms with Gasteiger partial charge in [-0.25, -0.2) is 9.18 Å². The number of para-hydroxylation sites is 1. The van der Waals surface area contributed by atoms with Crippen molar-refractivity contribution in [2.24, 2.45) is 0 Å². The zero-order chi connectivity index (χ0) is 15.6. The molecule has 0 spiro atoms. The maximum Gasteiger partial charge on any atom is 0.339 e. The van der Waals surface area contributed by atoms with Crippen molar-refractivity contribution in [3.8, 4) is 11.5 Å². The molecule has 0 aliphatic rings. The monoisotopic (exact) mass is 311 g/mol. The van der Waals surface area contributed by atoms with Gasteiger partial charge in [-0.15, -0.1) is 0 Å². The lowest BCUT2D eigenvalue weighted by Gasteiger charge is -2.10. The van der Waals surface area contributed by atoms with Crippen molar-refractivity contribution in [1.82, 2.24) is 0 Å². The number of ether oxygens (including phenoxy) is 1. The first-order valence-electron chi connectivity index (χ1n) is 5.53. The van der Waals surface area contributed by atoms with Crippen LogP contribution in [-0.2, 0) is 0 Å². The van der Waals surface area contributed by atoms with Gasteiger partial charge in [-0.3, -0.25) is 10.1 Å². The van der Waals surface area contributed by atoms with Crippen LogP contribution in [0.1, 0.15) is 10.4 Å². The number of aromatic carboxylic acids is 1. The van der Waals surface area contributed by atoms with Gasteiger partial charge in [0, 0.05) is 6.07 Å². The third-order valence-corrected chi connectivity index (χ3v) is 2.83. The molecule has 21 heavy (non-hydrogen) atoms. The van der Waals surface area contributed by atoms with Crippen LogP contribution in [0.2, 0.25) is 5.02 Å². The first kappa shape index (κ1) is 14.7. The number of carboxylic acid groups (broad SMARTS) is 1. The maximum atomic E-state index is 13.7. The van der Waals surface area contributed by atoms with Gasteiger partial charge in [0.25, 0.3) is 5.69 Å². The van der Waals surface area contributed by atoms with Crippen molar-refractivity contribution in [2.75, 3.05) is 0 Å². The minimum atomic E-state index is -1.30. The van der Waals surface area contributed by atoms with E-state index in [2.05, 4.69) is 0 Å². The second kappa shape index (κ2) is 5.76. The lowest BCUT2D eigenvalue weighted by molar-refractivity contribution is -0.385. The number of nitrogens with zero attached hydrogens (tertiary/aromatic N) is 1. The number of nitro benzene ring substituents is 1. The second-order valence-electron chi connectivity index (χ2n) is 3.90. The Morgan fingerprint density at radius 2 is 2.05 bits per heavy atom. The topological polar surface area (TPSA) is 89.7 Å². The molecular weight excluding hydrogens is 305 g/mol. The Labute approximate surface area is 122 Å². The molecule has 0 radical (unpaired) electrons. The zero-order valence-electron chi connectivity index (χ0n) is 10.2. The largest absolute Gasteiger partial charge is 0.478 e. The van der Waals surface area contributed by atoms with Gasteiger partial charge in [-0.1, -0.05) is 17.7 Å². The molecule has 2 aromatic rings. The molecule has 2 rings (SSSR count). The van der Waals surface area contributed by atoms with E-state index < -0.39 is 22.4 Å². The summed E-state index contributed by atoms with van der Waals surface area (Å²) >= 11 is 5.84. The zero-order valence-corrected chi connectivity index (χ0v) is 11.0. The molecule has 108 valence electrons. The fourth-order valence-corrected chi connectivity index (χ4v) is 1.79. The molecule has 0 saturated heterocycles. The van der Waals surface area contributed by atoms with Crippen molar-refractivity contribution < 1.29 is 24.0 Å². The molecule has 1 N–H and O–H groups in total. The van der Waals surface area contributed by atoms with Gasteiger partial charge < -0.3 is 9.84 Å². The number of non-ortho nitro benzene ring substituents is 1. The van der Waals surface area contributed by atoms with E-state index in [9.17, 15) is 19.3 Å². The summed E-state index contributed by atoms with van der Waals surface area (Å²) in [6, 6.07) is 6.77. The van der Waals surface area contributed by atoms with Gasteiger partial charge in [-0.2, -0.15) is 0 Å². The van der Waals surface area contributed by atoms with Crippen LogP contribution in [-0.4, -0.2) is 16.0 Å². The molecule has 0 aromatic heterocycles. The Bertz CT molecular complexity index is 734. The summed E-state index contributed by atoms with van der Waals surface area (Å²) < 4.78 is 18.9. The summed E-state index contributed by atoms with van der Waals surface area (Å²) in [6.07, 6.45) is 0. The number of carbonyl (C=O) groups is 1. The number of halogens is 2. The van der Waals surface area contributed by atoms with Crippen LogP contribution < -0.4 is 4.74 Å². The summed E-state index contributed by atoms with van der Waals surface area (Å²) in [6.45, 7) is 0. The van der Waals surface area contributed by atoms with Crippen molar-refractivity contribution >= 4 is 23.3 Å². The standard InChI is InChI=1S/C13H7ClFNO5/c14-9-3-1-2-8(13(17)18)12(9)21-11-5-4-7(16(19)20)6-10(11)15/h1-6H,(H,17,18). The minimum absolute atomic E-state index is 0.0207. The highest BCUT2D eigenvalue weighted by atomic mass is 35.5. The van der Waals surface area contributed by atoms with E-state index in [0.717, 1.165) is 12.1 Å². The van der Waals surface area contributed by atoms with Crippen LogP contribution in [0.25, 0.3) is 0 Å². The molecule has 8 heteroatoms. The van der Waals surface area contributed by atoms with Crippen molar-refractivity contribution in [3.63, 3.8) is 0 Å². The highest BCUT2D eigenvalue weighted by Gasteiger charge is 2.18. The third-order valence-electron chi connectivity index (χ3n) is 2.54. The summed E-state index contributed by atoms with van der Waals surface area (Å²) in [7, 11) is 0. The lowest BCUT2D eigenvalue weighted by atomic mass is 10.2. The molecule has 0 atom stereocenters. The van der Waals surface area contributed by atoms with E-state index in [4.69, 9.17) is 21.4 Å². The van der Waals surface area contributed by atoms with Crippen LogP contribution in [0, 0.1) is 15.9 Å². The van der Waals surface area contributed by atoms with Gasteiger partial charge in [0.1, 0.15) is 5.56 Å². The Hall–Kier alpha value is -2.67. The number of carboxylic acids is 1. The van der Waals surface area contributed by atoms with E-state index in [1.165, 1.54) is 18.2 Å². The van der Waals surface area contributed by atoms with E-state index in [1.54, 1.807) is 0 Å². The van der Waals surface area contributed by atoms with Crippen molar-refractivity contribution in [3.05, 3.63) is 62.9 Å². The predicted molar refractivity (Wildman–Crippen MR) is 71.5 cm³/mol. The SMILES string of the molecule is O=C(O)c1cccc(Cl)c1Oc1ccc([N+](=O)[O-])cc1F. The molecule has 0 aliphatic carbocycles. The minimum Gasteiger partial charge on any atom is -0.478 e. The van der Waals surface area contributed by atoms with Crippen molar-refractivity contribution in [1.29, 1.82) is 0 Å². The highest BCUT2D eigenvalue weighted by Crippen LogP contribution is 2.35. The van der Waals surface area contributed by atoms with Crippen LogP contribution in [0.15, 0.2) is 36.4 Å². The average Bonchev–Trinajstić information content (AvgIpc) is 2.42. The number of hydrogen-bond acceptors (Lipinski definition) is 4. The van der Waals surface area contributed by atoms with E-state index >= 15 is 0 Å². The van der Waals surface area contributed by atoms with Gasteiger partial charge >= 0.3 is 5.97 Å². The number of rotatable bonds is 4. The fraction of sp³-hybridized carbons (Fsp3) is 0. The number of benzene rings is 2. The molecule has 0 heterocycles. The van der Waals surface area contributed by atoms with Crippen molar-refractivity contribution in [2.45, 2.75) is 0 Å². The van der Waals surface area contributed by atoms with Crippen LogP contribution in [0.3, 0.4) is 0 Å². The highest BCUT2D eigenvalue weighted by molar-refractivity contribution is 6.32. The first-order chi connectivity index (χ1) is 9.90. The normalized spacial score (nSPS) is 10.2. The summed E-state index contributed by atoms with van der Waals surface area (Å²) in [5, 5.41) is 19.5. The first-order valence-corrected chi connectivity index (χ1v) is 5.91. The molecule has 0 unspecified atom stereocenters. The second-order valence-corrected chi connectivity index (χ2v) is 4.30. The Balaban J connectivity index is 2.44. The van der Waals surface area contributed by atoms with E-state index in [1.807, 2.05) is 0 Å². The van der Waals surface area contributed by atoms with E-state index in [-0.39, 0.29) is 22.1 Å². The van der Waals surface area contributed by atoms with Crippen LogP contribution >= 0.6 is 11.6 Å². The maximum absolute atomic E-state index is 13.7. The summed E-state index contributed by atoms with van der Waals surface area (Å²) in [4.78, 5) is 20.8. The van der Waals surface area contributed by atoms with Gasteiger partial charge in [0.2, 0.25) is 0 Å². The lowest BCUT2D eigenvalue weighted by Crippen LogP contribution is -2.01. The molecule has 0 bridgehead atoms. The summed E-state index contributed by atoms with van der Waals surface area (Å²) in [5.41, 5.74) is -0.697. The van der Waals surface area contributed by atoms with Crippen LogP contribution in [0.4, 0.5) is 10.1 Å². The Morgan fingerprint density at radius 3 is 2.62 bits per heavy atom. The number of hydrogen-bond donors (Lipinski definition) is 1. The van der Waals surface area contributed by atoms with Gasteiger partial charge in [0.05, 0.1) is 16.0 Å². The molecule has 2 aromatic carbocycles. The van der Waals surface area contributed by atoms with Crippen LogP contribution in [0.5, 0.6) is 11.5 Å².